The smallest absolute Gasteiger partial charge is 0.411 e. The van der Waals surface area contributed by atoms with Crippen molar-refractivity contribution in [1.82, 2.24) is 9.80 Å². The second-order valence-electron chi connectivity index (χ2n) is 6.75. The zero-order valence-electron chi connectivity index (χ0n) is 14.0. The molecule has 0 aromatic heterocycles. The summed E-state index contributed by atoms with van der Waals surface area (Å²) in [6, 6.07) is 7.89. The summed E-state index contributed by atoms with van der Waals surface area (Å²) in [4.78, 5) is 16.2. The van der Waals surface area contributed by atoms with E-state index in [1.165, 1.54) is 12.8 Å². The van der Waals surface area contributed by atoms with Gasteiger partial charge in [0, 0.05) is 13.1 Å². The Balaban J connectivity index is 1.47. The van der Waals surface area contributed by atoms with E-state index < -0.39 is 0 Å². The molecule has 0 aliphatic carbocycles. The van der Waals surface area contributed by atoms with Gasteiger partial charge in [0.1, 0.15) is 12.4 Å². The predicted octanol–water partition coefficient (Wildman–Crippen LogP) is 2.88. The second-order valence-corrected chi connectivity index (χ2v) is 6.75. The highest BCUT2D eigenvalue weighted by molar-refractivity contribution is 5.69. The maximum atomic E-state index is 12.0. The number of ether oxygens (including phenoxy) is 2. The molecule has 2 heterocycles. The fourth-order valence-electron chi connectivity index (χ4n) is 3.12. The second kappa shape index (κ2) is 7.21. The Hall–Kier alpha value is -1.75. The number of likely N-dealkylation sites (tertiary alicyclic amines) is 1. The highest BCUT2D eigenvalue weighted by Gasteiger charge is 2.33. The van der Waals surface area contributed by atoms with Crippen LogP contribution in [0.1, 0.15) is 25.3 Å². The van der Waals surface area contributed by atoms with Gasteiger partial charge in [-0.3, -0.25) is 9.80 Å². The van der Waals surface area contributed by atoms with E-state index in [0.717, 1.165) is 30.3 Å². The number of rotatable bonds is 5. The number of aryl methyl sites for hydroxylation is 1. The summed E-state index contributed by atoms with van der Waals surface area (Å²) in [5.74, 6) is 1.65. The lowest BCUT2D eigenvalue weighted by Crippen LogP contribution is -2.42. The van der Waals surface area contributed by atoms with E-state index in [1.807, 2.05) is 31.2 Å². The predicted molar refractivity (Wildman–Crippen MR) is 88.5 cm³/mol. The van der Waals surface area contributed by atoms with Crippen molar-refractivity contribution in [2.24, 2.45) is 5.92 Å². The number of carbonyl (C=O) groups is 1. The molecule has 1 aromatic rings. The van der Waals surface area contributed by atoms with Crippen molar-refractivity contribution in [2.75, 3.05) is 32.9 Å². The van der Waals surface area contributed by atoms with E-state index in [2.05, 4.69) is 11.8 Å². The number of hydrogen-bond acceptors (Lipinski definition) is 4. The maximum absolute atomic E-state index is 12.0. The molecule has 1 atom stereocenters. The molecule has 1 amide bonds. The highest BCUT2D eigenvalue weighted by atomic mass is 16.6. The molecule has 2 aliphatic heterocycles. The van der Waals surface area contributed by atoms with E-state index in [9.17, 15) is 4.79 Å². The lowest BCUT2D eigenvalue weighted by Gasteiger charge is -2.32. The van der Waals surface area contributed by atoms with Crippen LogP contribution in [0.15, 0.2) is 24.3 Å². The van der Waals surface area contributed by atoms with Crippen molar-refractivity contribution in [2.45, 2.75) is 32.8 Å². The van der Waals surface area contributed by atoms with Crippen LogP contribution in [0, 0.1) is 12.8 Å². The Labute approximate surface area is 138 Å². The van der Waals surface area contributed by atoms with Crippen LogP contribution in [-0.2, 0) is 4.74 Å². The first-order chi connectivity index (χ1) is 11.1. The summed E-state index contributed by atoms with van der Waals surface area (Å²) >= 11 is 0. The van der Waals surface area contributed by atoms with Gasteiger partial charge in [-0.1, -0.05) is 25.1 Å². The zero-order valence-corrected chi connectivity index (χ0v) is 14.0. The van der Waals surface area contributed by atoms with Crippen LogP contribution < -0.4 is 4.74 Å². The van der Waals surface area contributed by atoms with Crippen molar-refractivity contribution in [1.29, 1.82) is 0 Å². The number of benzene rings is 1. The van der Waals surface area contributed by atoms with E-state index in [-0.39, 0.29) is 12.2 Å². The van der Waals surface area contributed by atoms with E-state index in [1.54, 1.807) is 4.90 Å². The third-order valence-electron chi connectivity index (χ3n) is 4.71. The van der Waals surface area contributed by atoms with Crippen LogP contribution in [-0.4, -0.2) is 54.9 Å². The maximum Gasteiger partial charge on any atom is 0.411 e. The Morgan fingerprint density at radius 1 is 1.26 bits per heavy atom. The Morgan fingerprint density at radius 2 is 2.00 bits per heavy atom. The van der Waals surface area contributed by atoms with Gasteiger partial charge in [0.2, 0.25) is 0 Å². The lowest BCUT2D eigenvalue weighted by molar-refractivity contribution is 0.0960. The van der Waals surface area contributed by atoms with Crippen molar-refractivity contribution in [3.8, 4) is 5.75 Å². The molecule has 0 bridgehead atoms. The standard InChI is InChI=1S/C18H26N2O3/c1-14-7-9-19(10-8-14)13-20-11-16(23-18(20)21)12-22-17-6-4-3-5-15(17)2/h3-6,14,16H,7-13H2,1-2H3/t16-/m1/s1. The fourth-order valence-corrected chi connectivity index (χ4v) is 3.12. The first-order valence-corrected chi connectivity index (χ1v) is 8.48. The molecule has 0 unspecified atom stereocenters. The number of cyclic esters (lactones) is 1. The van der Waals surface area contributed by atoms with Crippen molar-refractivity contribution in [3.63, 3.8) is 0 Å². The molecule has 23 heavy (non-hydrogen) atoms. The van der Waals surface area contributed by atoms with Gasteiger partial charge < -0.3 is 9.47 Å². The van der Waals surface area contributed by atoms with Gasteiger partial charge >= 0.3 is 6.09 Å². The minimum atomic E-state index is -0.220. The van der Waals surface area contributed by atoms with Crippen LogP contribution in [0.25, 0.3) is 0 Å². The van der Waals surface area contributed by atoms with E-state index in [0.29, 0.717) is 19.8 Å². The molecule has 0 N–H and O–H groups in total. The molecule has 3 rings (SSSR count). The third-order valence-corrected chi connectivity index (χ3v) is 4.71. The molecule has 1 aromatic carbocycles. The number of piperidine rings is 1. The van der Waals surface area contributed by atoms with Gasteiger partial charge in [-0.05, 0) is 37.3 Å². The van der Waals surface area contributed by atoms with Gasteiger partial charge in [0.05, 0.1) is 13.2 Å². The monoisotopic (exact) mass is 318 g/mol. The molecule has 5 nitrogen and oxygen atoms in total. The molecule has 2 aliphatic rings. The van der Waals surface area contributed by atoms with Gasteiger partial charge in [0.15, 0.2) is 6.10 Å². The fraction of sp³-hybridized carbons (Fsp3) is 0.611. The minimum Gasteiger partial charge on any atom is -0.489 e. The molecule has 2 saturated heterocycles. The molecule has 126 valence electrons. The minimum absolute atomic E-state index is 0.189. The van der Waals surface area contributed by atoms with Gasteiger partial charge in [-0.15, -0.1) is 0 Å². The number of amides is 1. The molecule has 0 radical (unpaired) electrons. The molecular formula is C18H26N2O3. The van der Waals surface area contributed by atoms with Crippen LogP contribution >= 0.6 is 0 Å². The molecule has 2 fully saturated rings. The van der Waals surface area contributed by atoms with Gasteiger partial charge in [0.25, 0.3) is 0 Å². The topological polar surface area (TPSA) is 42.0 Å². The number of hydrogen-bond donors (Lipinski definition) is 0. The van der Waals surface area contributed by atoms with Gasteiger partial charge in [-0.2, -0.15) is 0 Å². The van der Waals surface area contributed by atoms with Crippen molar-refractivity contribution >= 4 is 6.09 Å². The lowest BCUT2D eigenvalue weighted by atomic mass is 10.00. The number of para-hydroxylation sites is 1. The largest absolute Gasteiger partial charge is 0.489 e. The molecule has 5 heteroatoms. The van der Waals surface area contributed by atoms with Crippen LogP contribution in [0.4, 0.5) is 4.79 Å². The Kier molecular flexibility index (Phi) is 5.06. The third kappa shape index (κ3) is 4.16. The SMILES string of the molecule is Cc1ccccc1OC[C@H]1CN(CN2CCC(C)CC2)C(=O)O1. The summed E-state index contributed by atoms with van der Waals surface area (Å²) in [5.41, 5.74) is 1.09. The normalized spacial score (nSPS) is 23.1. The Bertz CT molecular complexity index is 541. The summed E-state index contributed by atoms with van der Waals surface area (Å²) < 4.78 is 11.2. The number of nitrogens with zero attached hydrogens (tertiary/aromatic N) is 2. The summed E-state index contributed by atoms with van der Waals surface area (Å²) in [6.07, 6.45) is 2.01. The van der Waals surface area contributed by atoms with E-state index in [4.69, 9.17) is 9.47 Å². The number of carbonyl (C=O) groups excluding carboxylic acids is 1. The van der Waals surface area contributed by atoms with Gasteiger partial charge in [-0.25, -0.2) is 4.79 Å². The van der Waals surface area contributed by atoms with Crippen molar-refractivity contribution < 1.29 is 14.3 Å². The quantitative estimate of drug-likeness (QED) is 0.837. The summed E-state index contributed by atoms with van der Waals surface area (Å²) in [5, 5.41) is 0. The molecular weight excluding hydrogens is 292 g/mol. The Morgan fingerprint density at radius 3 is 2.74 bits per heavy atom. The van der Waals surface area contributed by atoms with Crippen LogP contribution in [0.2, 0.25) is 0 Å². The first kappa shape index (κ1) is 16.1. The average Bonchev–Trinajstić information content (AvgIpc) is 2.89. The average molecular weight is 318 g/mol. The molecule has 0 spiro atoms. The molecule has 0 saturated carbocycles. The first-order valence-electron chi connectivity index (χ1n) is 8.48. The zero-order chi connectivity index (χ0) is 16.2. The van der Waals surface area contributed by atoms with Crippen LogP contribution in [0.5, 0.6) is 5.75 Å². The highest BCUT2D eigenvalue weighted by Crippen LogP contribution is 2.20. The van der Waals surface area contributed by atoms with E-state index >= 15 is 0 Å². The van der Waals surface area contributed by atoms with Crippen molar-refractivity contribution in [3.05, 3.63) is 29.8 Å². The summed E-state index contributed by atoms with van der Waals surface area (Å²) in [6.45, 7) is 8.12. The summed E-state index contributed by atoms with van der Waals surface area (Å²) in [7, 11) is 0. The van der Waals surface area contributed by atoms with Crippen LogP contribution in [0.3, 0.4) is 0 Å².